The third kappa shape index (κ3) is 2.44. The number of hydrogen-bond donors (Lipinski definition) is 2. The summed E-state index contributed by atoms with van der Waals surface area (Å²) in [6.07, 6.45) is 0. The summed E-state index contributed by atoms with van der Waals surface area (Å²) in [4.78, 5) is 0. The highest BCUT2D eigenvalue weighted by atomic mass is 16.3. The van der Waals surface area contributed by atoms with Gasteiger partial charge in [0.15, 0.2) is 0 Å². The van der Waals surface area contributed by atoms with Crippen molar-refractivity contribution in [1.29, 1.82) is 0 Å². The molecule has 0 spiro atoms. The number of phenolic OH excluding ortho intramolecular Hbond substituents is 1. The number of nitrogens with two attached hydrogens (primary N) is 1. The molecule has 0 unspecified atom stereocenters. The van der Waals surface area contributed by atoms with E-state index in [0.717, 1.165) is 39.0 Å². The minimum absolute atomic E-state index is 0.231. The quantitative estimate of drug-likeness (QED) is 0.543. The Morgan fingerprint density at radius 1 is 0.625 bits per heavy atom. The van der Waals surface area contributed by atoms with Crippen molar-refractivity contribution in [2.75, 3.05) is 5.73 Å². The Morgan fingerprint density at radius 2 is 1.08 bits per heavy atom. The summed E-state index contributed by atoms with van der Waals surface area (Å²) in [5, 5.41) is 20.4. The summed E-state index contributed by atoms with van der Waals surface area (Å²) in [6.45, 7) is 0. The summed E-state index contributed by atoms with van der Waals surface area (Å²) in [5.74, 6) is 0.231. The van der Waals surface area contributed by atoms with E-state index in [1.165, 1.54) is 0 Å². The van der Waals surface area contributed by atoms with E-state index in [1.807, 2.05) is 60.7 Å². The zero-order valence-electron chi connectivity index (χ0n) is 12.8. The topological polar surface area (TPSA) is 72.0 Å². The van der Waals surface area contributed by atoms with Crippen LogP contribution < -0.4 is 5.73 Å². The summed E-state index contributed by atoms with van der Waals surface area (Å²) in [5.41, 5.74) is 10.0. The Bertz CT molecular complexity index is 925. The molecule has 0 aliphatic carbocycles. The molecule has 0 radical (unpaired) electrons. The van der Waals surface area contributed by atoms with Gasteiger partial charge in [-0.25, -0.2) is 0 Å². The number of fused-ring (bicyclic) bond motifs is 1. The van der Waals surface area contributed by atoms with Gasteiger partial charge in [0.05, 0.1) is 0 Å². The van der Waals surface area contributed by atoms with E-state index >= 15 is 0 Å². The van der Waals surface area contributed by atoms with Crippen LogP contribution in [0.15, 0.2) is 72.8 Å². The second kappa shape index (κ2) is 5.66. The molecule has 0 bridgehead atoms. The number of anilines is 1. The number of hydrogen-bond acceptors (Lipinski definition) is 4. The number of rotatable bonds is 2. The fourth-order valence-electron chi connectivity index (χ4n) is 2.79. The summed E-state index contributed by atoms with van der Waals surface area (Å²) in [7, 11) is 0. The minimum atomic E-state index is 0.231. The van der Waals surface area contributed by atoms with E-state index in [9.17, 15) is 5.11 Å². The van der Waals surface area contributed by atoms with Crippen LogP contribution in [-0.4, -0.2) is 15.3 Å². The highest BCUT2D eigenvalue weighted by Gasteiger charge is 2.12. The van der Waals surface area contributed by atoms with Gasteiger partial charge in [-0.1, -0.05) is 36.4 Å². The van der Waals surface area contributed by atoms with Crippen LogP contribution in [0.3, 0.4) is 0 Å². The SMILES string of the molecule is Nc1ccc(-c2nnc(-c3ccc(O)cc3)c3ccccc23)cc1. The lowest BCUT2D eigenvalue weighted by Gasteiger charge is -2.10. The number of aromatic nitrogens is 2. The lowest BCUT2D eigenvalue weighted by atomic mass is 10.0. The number of benzene rings is 3. The van der Waals surface area contributed by atoms with Gasteiger partial charge in [-0.15, -0.1) is 10.2 Å². The average Bonchev–Trinajstić information content (AvgIpc) is 2.62. The molecule has 1 aromatic heterocycles. The Balaban J connectivity index is 1.95. The Labute approximate surface area is 139 Å². The molecule has 1 heterocycles. The first-order valence-corrected chi connectivity index (χ1v) is 7.63. The Morgan fingerprint density at radius 3 is 1.58 bits per heavy atom. The third-order valence-electron chi connectivity index (χ3n) is 4.01. The normalized spacial score (nSPS) is 10.8. The molecule has 116 valence electrons. The second-order valence-corrected chi connectivity index (χ2v) is 5.61. The predicted octanol–water partition coefficient (Wildman–Crippen LogP) is 4.25. The van der Waals surface area contributed by atoms with E-state index in [1.54, 1.807) is 12.1 Å². The van der Waals surface area contributed by atoms with E-state index in [0.29, 0.717) is 0 Å². The van der Waals surface area contributed by atoms with Gasteiger partial charge < -0.3 is 10.8 Å². The van der Waals surface area contributed by atoms with Gasteiger partial charge in [0.1, 0.15) is 17.1 Å². The molecule has 0 saturated heterocycles. The van der Waals surface area contributed by atoms with Crippen LogP contribution in [0.4, 0.5) is 5.69 Å². The zero-order chi connectivity index (χ0) is 16.5. The van der Waals surface area contributed by atoms with Crippen molar-refractivity contribution in [1.82, 2.24) is 10.2 Å². The molecule has 0 fully saturated rings. The van der Waals surface area contributed by atoms with Crippen molar-refractivity contribution < 1.29 is 5.11 Å². The van der Waals surface area contributed by atoms with Crippen LogP contribution in [0, 0.1) is 0 Å². The fourth-order valence-corrected chi connectivity index (χ4v) is 2.79. The average molecular weight is 313 g/mol. The molecule has 4 nitrogen and oxygen atoms in total. The molecule has 4 rings (SSSR count). The molecule has 0 amide bonds. The van der Waals surface area contributed by atoms with Gasteiger partial charge in [0.25, 0.3) is 0 Å². The van der Waals surface area contributed by atoms with Gasteiger partial charge in [-0.3, -0.25) is 0 Å². The van der Waals surface area contributed by atoms with E-state index < -0.39 is 0 Å². The summed E-state index contributed by atoms with van der Waals surface area (Å²) in [6, 6.07) is 22.7. The molecule has 4 heteroatoms. The lowest BCUT2D eigenvalue weighted by Crippen LogP contribution is -1.95. The monoisotopic (exact) mass is 313 g/mol. The maximum absolute atomic E-state index is 9.49. The van der Waals surface area contributed by atoms with E-state index in [2.05, 4.69) is 10.2 Å². The highest BCUT2D eigenvalue weighted by molar-refractivity contribution is 6.01. The first kappa shape index (κ1) is 14.2. The van der Waals surface area contributed by atoms with Crippen molar-refractivity contribution in [2.24, 2.45) is 0 Å². The maximum Gasteiger partial charge on any atom is 0.115 e. The zero-order valence-corrected chi connectivity index (χ0v) is 12.8. The molecule has 24 heavy (non-hydrogen) atoms. The van der Waals surface area contributed by atoms with Gasteiger partial charge in [0.2, 0.25) is 0 Å². The van der Waals surface area contributed by atoms with Gasteiger partial charge >= 0.3 is 0 Å². The van der Waals surface area contributed by atoms with Crippen LogP contribution in [0.5, 0.6) is 5.75 Å². The minimum Gasteiger partial charge on any atom is -0.508 e. The molecule has 0 aliphatic rings. The predicted molar refractivity (Wildman–Crippen MR) is 96.5 cm³/mol. The number of nitrogens with zero attached hydrogens (tertiary/aromatic N) is 2. The van der Waals surface area contributed by atoms with E-state index in [-0.39, 0.29) is 5.75 Å². The molecule has 4 aromatic rings. The molecule has 3 N–H and O–H groups in total. The molecule has 3 aromatic carbocycles. The van der Waals surface area contributed by atoms with Gasteiger partial charge in [-0.05, 0) is 36.4 Å². The first-order chi connectivity index (χ1) is 11.7. The standard InChI is InChI=1S/C20H15N3O/c21-15-9-5-13(6-10-15)19-17-3-1-2-4-18(17)20(23-22-19)14-7-11-16(24)12-8-14/h1-12,24H,21H2. The number of nitrogen functional groups attached to an aromatic ring is 1. The second-order valence-electron chi connectivity index (χ2n) is 5.61. The Hall–Kier alpha value is -3.40. The van der Waals surface area contributed by atoms with Crippen molar-refractivity contribution in [3.63, 3.8) is 0 Å². The van der Waals surface area contributed by atoms with Crippen molar-refractivity contribution in [3.05, 3.63) is 72.8 Å². The fraction of sp³-hybridized carbons (Fsp3) is 0. The van der Waals surface area contributed by atoms with Gasteiger partial charge in [0, 0.05) is 27.6 Å². The Kier molecular flexibility index (Phi) is 3.35. The van der Waals surface area contributed by atoms with Gasteiger partial charge in [-0.2, -0.15) is 0 Å². The maximum atomic E-state index is 9.49. The number of aromatic hydroxyl groups is 1. The van der Waals surface area contributed by atoms with Crippen LogP contribution in [0.1, 0.15) is 0 Å². The van der Waals surface area contributed by atoms with Crippen LogP contribution in [0.2, 0.25) is 0 Å². The third-order valence-corrected chi connectivity index (χ3v) is 4.01. The summed E-state index contributed by atoms with van der Waals surface area (Å²) >= 11 is 0. The van der Waals surface area contributed by atoms with Crippen molar-refractivity contribution in [2.45, 2.75) is 0 Å². The van der Waals surface area contributed by atoms with Crippen LogP contribution in [-0.2, 0) is 0 Å². The molecular formula is C20H15N3O. The molecule has 0 saturated carbocycles. The van der Waals surface area contributed by atoms with Crippen LogP contribution >= 0.6 is 0 Å². The molecule has 0 atom stereocenters. The van der Waals surface area contributed by atoms with Crippen LogP contribution in [0.25, 0.3) is 33.3 Å². The number of phenols is 1. The lowest BCUT2D eigenvalue weighted by molar-refractivity contribution is 0.475. The summed E-state index contributed by atoms with van der Waals surface area (Å²) < 4.78 is 0. The smallest absolute Gasteiger partial charge is 0.115 e. The molecular weight excluding hydrogens is 298 g/mol. The van der Waals surface area contributed by atoms with Crippen molar-refractivity contribution in [3.8, 4) is 28.3 Å². The van der Waals surface area contributed by atoms with Crippen molar-refractivity contribution >= 4 is 16.5 Å². The molecule has 0 aliphatic heterocycles. The first-order valence-electron chi connectivity index (χ1n) is 7.63. The van der Waals surface area contributed by atoms with E-state index in [4.69, 9.17) is 5.73 Å². The highest BCUT2D eigenvalue weighted by Crippen LogP contribution is 2.32. The largest absolute Gasteiger partial charge is 0.508 e.